The van der Waals surface area contributed by atoms with Crippen LogP contribution in [0, 0.1) is 12.7 Å². The SMILES string of the molecule is C=C1C=CC(/C(=C/C)c2ccc(F)cc2C)=CN1. The first kappa shape index (κ1) is 12.4. The minimum atomic E-state index is -0.202. The lowest BCUT2D eigenvalue weighted by atomic mass is 9.93. The molecule has 0 fully saturated rings. The van der Waals surface area contributed by atoms with E-state index in [1.807, 2.05) is 44.3 Å². The summed E-state index contributed by atoms with van der Waals surface area (Å²) in [5, 5.41) is 3.09. The molecule has 1 heterocycles. The van der Waals surface area contributed by atoms with Gasteiger partial charge in [0.05, 0.1) is 0 Å². The van der Waals surface area contributed by atoms with E-state index in [0.717, 1.165) is 28.0 Å². The van der Waals surface area contributed by atoms with Crippen molar-refractivity contribution in [2.75, 3.05) is 0 Å². The Labute approximate surface area is 107 Å². The number of allylic oxidation sites excluding steroid dienone is 5. The number of benzene rings is 1. The molecule has 1 aromatic rings. The highest BCUT2D eigenvalue weighted by Crippen LogP contribution is 2.28. The van der Waals surface area contributed by atoms with Crippen LogP contribution in [0.5, 0.6) is 0 Å². The highest BCUT2D eigenvalue weighted by Gasteiger charge is 2.10. The van der Waals surface area contributed by atoms with Crippen LogP contribution in [0.4, 0.5) is 4.39 Å². The Hall–Kier alpha value is -2.09. The summed E-state index contributed by atoms with van der Waals surface area (Å²) in [5.41, 5.74) is 5.00. The molecule has 1 aliphatic heterocycles. The lowest BCUT2D eigenvalue weighted by molar-refractivity contribution is 0.626. The molecule has 18 heavy (non-hydrogen) atoms. The summed E-state index contributed by atoms with van der Waals surface area (Å²) < 4.78 is 13.1. The summed E-state index contributed by atoms with van der Waals surface area (Å²) in [4.78, 5) is 0. The van der Waals surface area contributed by atoms with Crippen molar-refractivity contribution >= 4 is 5.57 Å². The molecule has 0 aromatic heterocycles. The predicted octanol–water partition coefficient (Wildman–Crippen LogP) is 4.09. The summed E-state index contributed by atoms with van der Waals surface area (Å²) in [6.07, 6.45) is 7.89. The summed E-state index contributed by atoms with van der Waals surface area (Å²) in [6, 6.07) is 4.86. The van der Waals surface area contributed by atoms with Crippen molar-refractivity contribution < 1.29 is 4.39 Å². The van der Waals surface area contributed by atoms with Gasteiger partial charge in [0.1, 0.15) is 5.82 Å². The molecule has 1 aliphatic rings. The molecular formula is C16H16FN. The summed E-state index contributed by atoms with van der Waals surface area (Å²) >= 11 is 0. The Kier molecular flexibility index (Phi) is 3.47. The van der Waals surface area contributed by atoms with Gasteiger partial charge in [0.15, 0.2) is 0 Å². The van der Waals surface area contributed by atoms with Gasteiger partial charge in [0.2, 0.25) is 0 Å². The van der Waals surface area contributed by atoms with Crippen LogP contribution in [-0.4, -0.2) is 0 Å². The predicted molar refractivity (Wildman–Crippen MR) is 74.3 cm³/mol. The van der Waals surface area contributed by atoms with Crippen LogP contribution in [0.1, 0.15) is 18.1 Å². The van der Waals surface area contributed by atoms with Crippen molar-refractivity contribution in [2.24, 2.45) is 0 Å². The molecule has 1 N–H and O–H groups in total. The normalized spacial score (nSPS) is 15.4. The average Bonchev–Trinajstić information content (AvgIpc) is 2.35. The molecule has 1 nitrogen and oxygen atoms in total. The summed E-state index contributed by atoms with van der Waals surface area (Å²) in [6.45, 7) is 7.72. The summed E-state index contributed by atoms with van der Waals surface area (Å²) in [7, 11) is 0. The maximum absolute atomic E-state index is 13.1. The number of aryl methyl sites for hydroxylation is 1. The van der Waals surface area contributed by atoms with E-state index in [-0.39, 0.29) is 5.82 Å². The third-order valence-corrected chi connectivity index (χ3v) is 2.96. The van der Waals surface area contributed by atoms with E-state index in [2.05, 4.69) is 11.9 Å². The van der Waals surface area contributed by atoms with Gasteiger partial charge >= 0.3 is 0 Å². The fourth-order valence-electron chi connectivity index (χ4n) is 2.03. The lowest BCUT2D eigenvalue weighted by Crippen LogP contribution is -2.07. The Balaban J connectivity index is 2.41. The van der Waals surface area contributed by atoms with E-state index < -0.39 is 0 Å². The van der Waals surface area contributed by atoms with Gasteiger partial charge in [-0.05, 0) is 54.3 Å². The number of hydrogen-bond donors (Lipinski definition) is 1. The molecular weight excluding hydrogens is 225 g/mol. The summed E-state index contributed by atoms with van der Waals surface area (Å²) in [5.74, 6) is -0.202. The fourth-order valence-corrected chi connectivity index (χ4v) is 2.03. The Bertz CT molecular complexity index is 577. The fraction of sp³-hybridized carbons (Fsp3) is 0.125. The molecule has 0 atom stereocenters. The van der Waals surface area contributed by atoms with Crippen LogP contribution >= 0.6 is 0 Å². The van der Waals surface area contributed by atoms with Crippen molar-refractivity contribution in [1.82, 2.24) is 5.32 Å². The number of hydrogen-bond acceptors (Lipinski definition) is 1. The van der Waals surface area contributed by atoms with Crippen LogP contribution in [-0.2, 0) is 0 Å². The van der Waals surface area contributed by atoms with Crippen molar-refractivity contribution in [3.8, 4) is 0 Å². The standard InChI is InChI=1S/C16H16FN/c1-4-15(13-6-5-12(3)18-10-13)16-8-7-14(17)9-11(16)2/h4-10,18H,3H2,1-2H3/b15-4-. The topological polar surface area (TPSA) is 12.0 Å². The molecule has 2 rings (SSSR count). The third kappa shape index (κ3) is 2.43. The van der Waals surface area contributed by atoms with Gasteiger partial charge in [-0.25, -0.2) is 4.39 Å². The molecule has 0 radical (unpaired) electrons. The molecule has 0 amide bonds. The lowest BCUT2D eigenvalue weighted by Gasteiger charge is -2.15. The second-order valence-electron chi connectivity index (χ2n) is 4.26. The van der Waals surface area contributed by atoms with Crippen LogP contribution < -0.4 is 5.32 Å². The molecule has 1 aromatic carbocycles. The van der Waals surface area contributed by atoms with Crippen molar-refractivity contribution in [3.05, 3.63) is 77.4 Å². The first-order chi connectivity index (χ1) is 8.61. The largest absolute Gasteiger partial charge is 0.362 e. The minimum Gasteiger partial charge on any atom is -0.362 e. The highest BCUT2D eigenvalue weighted by molar-refractivity contribution is 5.83. The van der Waals surface area contributed by atoms with Gasteiger partial charge in [-0.2, -0.15) is 0 Å². The molecule has 0 spiro atoms. The molecule has 0 saturated carbocycles. The molecule has 0 bridgehead atoms. The van der Waals surface area contributed by atoms with Gasteiger partial charge in [-0.15, -0.1) is 0 Å². The van der Waals surface area contributed by atoms with E-state index in [1.165, 1.54) is 6.07 Å². The van der Waals surface area contributed by atoms with Gasteiger partial charge in [0.25, 0.3) is 0 Å². The number of nitrogens with one attached hydrogen (secondary N) is 1. The van der Waals surface area contributed by atoms with E-state index in [0.29, 0.717) is 0 Å². The minimum absolute atomic E-state index is 0.202. The van der Waals surface area contributed by atoms with E-state index in [1.54, 1.807) is 6.07 Å². The first-order valence-electron chi connectivity index (χ1n) is 5.88. The van der Waals surface area contributed by atoms with Crippen LogP contribution in [0.3, 0.4) is 0 Å². The van der Waals surface area contributed by atoms with Crippen LogP contribution in [0.25, 0.3) is 5.57 Å². The number of halogens is 1. The average molecular weight is 241 g/mol. The maximum Gasteiger partial charge on any atom is 0.123 e. The molecule has 0 aliphatic carbocycles. The molecule has 92 valence electrons. The Morgan fingerprint density at radius 1 is 1.33 bits per heavy atom. The zero-order valence-corrected chi connectivity index (χ0v) is 10.6. The Morgan fingerprint density at radius 2 is 2.11 bits per heavy atom. The molecule has 2 heteroatoms. The maximum atomic E-state index is 13.1. The van der Waals surface area contributed by atoms with Gasteiger partial charge in [0, 0.05) is 11.9 Å². The molecule has 0 unspecified atom stereocenters. The van der Waals surface area contributed by atoms with Crippen molar-refractivity contribution in [3.63, 3.8) is 0 Å². The van der Waals surface area contributed by atoms with Crippen molar-refractivity contribution in [1.29, 1.82) is 0 Å². The second kappa shape index (κ2) is 5.05. The second-order valence-corrected chi connectivity index (χ2v) is 4.26. The van der Waals surface area contributed by atoms with E-state index >= 15 is 0 Å². The first-order valence-corrected chi connectivity index (χ1v) is 5.88. The molecule has 0 saturated heterocycles. The number of dihydropyridines is 1. The quantitative estimate of drug-likeness (QED) is 0.822. The number of rotatable bonds is 2. The Morgan fingerprint density at radius 3 is 2.67 bits per heavy atom. The highest BCUT2D eigenvalue weighted by atomic mass is 19.1. The zero-order chi connectivity index (χ0) is 13.1. The monoisotopic (exact) mass is 241 g/mol. The van der Waals surface area contributed by atoms with Gasteiger partial charge in [-0.1, -0.05) is 24.8 Å². The van der Waals surface area contributed by atoms with E-state index in [9.17, 15) is 4.39 Å². The van der Waals surface area contributed by atoms with E-state index in [4.69, 9.17) is 0 Å². The van der Waals surface area contributed by atoms with Crippen LogP contribution in [0.15, 0.2) is 60.5 Å². The van der Waals surface area contributed by atoms with Gasteiger partial charge < -0.3 is 5.32 Å². The van der Waals surface area contributed by atoms with Gasteiger partial charge in [-0.3, -0.25) is 0 Å². The zero-order valence-electron chi connectivity index (χ0n) is 10.6. The third-order valence-electron chi connectivity index (χ3n) is 2.96. The van der Waals surface area contributed by atoms with Crippen LogP contribution in [0.2, 0.25) is 0 Å². The van der Waals surface area contributed by atoms with Crippen molar-refractivity contribution in [2.45, 2.75) is 13.8 Å². The smallest absolute Gasteiger partial charge is 0.123 e.